The number of likely N-dealkylation sites (tertiary alicyclic amines) is 1. The van der Waals surface area contributed by atoms with Crippen molar-refractivity contribution in [2.45, 2.75) is 25.7 Å². The van der Waals surface area contributed by atoms with E-state index in [0.29, 0.717) is 6.54 Å². The van der Waals surface area contributed by atoms with Gasteiger partial charge in [0, 0.05) is 24.4 Å². The molecule has 6 nitrogen and oxygen atoms in total. The molecular formula is C17H20N4O2. The number of carbonyl (C=O) groups excluding carboxylic acids is 2. The molecule has 1 saturated heterocycles. The first-order valence-electron chi connectivity index (χ1n) is 8.24. The highest BCUT2D eigenvalue weighted by Gasteiger charge is 2.36. The molecule has 4 rings (SSSR count). The number of anilines is 1. The van der Waals surface area contributed by atoms with Crippen LogP contribution in [0.1, 0.15) is 25.7 Å². The Kier molecular flexibility index (Phi) is 3.52. The molecule has 1 unspecified atom stereocenters. The van der Waals surface area contributed by atoms with E-state index < -0.39 is 0 Å². The number of piperidine rings is 1. The van der Waals surface area contributed by atoms with Gasteiger partial charge < -0.3 is 10.2 Å². The van der Waals surface area contributed by atoms with E-state index in [1.54, 1.807) is 6.20 Å². The molecule has 0 bridgehead atoms. The first-order valence-corrected chi connectivity index (χ1v) is 8.24. The van der Waals surface area contributed by atoms with Gasteiger partial charge in [0.2, 0.25) is 11.8 Å². The summed E-state index contributed by atoms with van der Waals surface area (Å²) in [5, 5.41) is 10.9. The zero-order chi connectivity index (χ0) is 15.8. The van der Waals surface area contributed by atoms with E-state index in [9.17, 15) is 9.59 Å². The quantitative estimate of drug-likeness (QED) is 0.911. The fourth-order valence-corrected chi connectivity index (χ4v) is 3.29. The molecule has 2 aliphatic rings. The summed E-state index contributed by atoms with van der Waals surface area (Å²) >= 11 is 0. The van der Waals surface area contributed by atoms with E-state index in [2.05, 4.69) is 15.5 Å². The van der Waals surface area contributed by atoms with E-state index in [0.717, 1.165) is 48.8 Å². The Morgan fingerprint density at radius 3 is 2.91 bits per heavy atom. The third-order valence-corrected chi connectivity index (χ3v) is 4.76. The summed E-state index contributed by atoms with van der Waals surface area (Å²) in [6.45, 7) is 1.33. The lowest BCUT2D eigenvalue weighted by Crippen LogP contribution is -2.44. The predicted octanol–water partition coefficient (Wildman–Crippen LogP) is 2.15. The Balaban J connectivity index is 1.46. The molecular weight excluding hydrogens is 292 g/mol. The van der Waals surface area contributed by atoms with Crippen molar-refractivity contribution in [3.05, 3.63) is 24.4 Å². The van der Waals surface area contributed by atoms with Crippen LogP contribution < -0.4 is 5.32 Å². The van der Waals surface area contributed by atoms with E-state index in [1.165, 1.54) is 0 Å². The Morgan fingerprint density at radius 1 is 1.22 bits per heavy atom. The molecule has 1 aromatic heterocycles. The summed E-state index contributed by atoms with van der Waals surface area (Å²) in [5.41, 5.74) is 1.58. The Labute approximate surface area is 134 Å². The van der Waals surface area contributed by atoms with Gasteiger partial charge >= 0.3 is 0 Å². The SMILES string of the molecule is O=C(Nc1cccc2cn[nH]c12)C1CCCN(C(=O)C2CC2)C1. The number of hydrogen-bond donors (Lipinski definition) is 2. The summed E-state index contributed by atoms with van der Waals surface area (Å²) in [7, 11) is 0. The number of para-hydroxylation sites is 1. The zero-order valence-corrected chi connectivity index (χ0v) is 12.9. The maximum absolute atomic E-state index is 12.6. The molecule has 1 atom stereocenters. The van der Waals surface area contributed by atoms with Gasteiger partial charge in [0.25, 0.3) is 0 Å². The van der Waals surface area contributed by atoms with Crippen molar-refractivity contribution in [1.82, 2.24) is 15.1 Å². The van der Waals surface area contributed by atoms with Crippen molar-refractivity contribution >= 4 is 28.4 Å². The topological polar surface area (TPSA) is 78.1 Å². The first kappa shape index (κ1) is 14.2. The number of carbonyl (C=O) groups is 2. The van der Waals surface area contributed by atoms with E-state index in [-0.39, 0.29) is 23.7 Å². The molecule has 120 valence electrons. The summed E-state index contributed by atoms with van der Waals surface area (Å²) in [5.74, 6) is 0.304. The predicted molar refractivity (Wildman–Crippen MR) is 86.8 cm³/mol. The van der Waals surface area contributed by atoms with Crippen LogP contribution in [0.4, 0.5) is 5.69 Å². The van der Waals surface area contributed by atoms with Crippen molar-refractivity contribution in [2.24, 2.45) is 11.8 Å². The number of hydrogen-bond acceptors (Lipinski definition) is 3. The van der Waals surface area contributed by atoms with Crippen molar-refractivity contribution < 1.29 is 9.59 Å². The van der Waals surface area contributed by atoms with Crippen LogP contribution in [-0.2, 0) is 9.59 Å². The summed E-state index contributed by atoms with van der Waals surface area (Å²) in [6, 6.07) is 5.72. The second-order valence-corrected chi connectivity index (χ2v) is 6.53. The number of aromatic amines is 1. The lowest BCUT2D eigenvalue weighted by molar-refractivity contribution is -0.135. The van der Waals surface area contributed by atoms with Crippen LogP contribution in [0.25, 0.3) is 10.9 Å². The van der Waals surface area contributed by atoms with Crippen molar-refractivity contribution in [3.63, 3.8) is 0 Å². The number of benzene rings is 1. The van der Waals surface area contributed by atoms with E-state index in [4.69, 9.17) is 0 Å². The molecule has 2 heterocycles. The number of aromatic nitrogens is 2. The van der Waals surface area contributed by atoms with Crippen molar-refractivity contribution in [3.8, 4) is 0 Å². The smallest absolute Gasteiger partial charge is 0.229 e. The highest BCUT2D eigenvalue weighted by atomic mass is 16.2. The van der Waals surface area contributed by atoms with Gasteiger partial charge in [-0.1, -0.05) is 12.1 Å². The average Bonchev–Trinajstić information content (AvgIpc) is 3.31. The fourth-order valence-electron chi connectivity index (χ4n) is 3.29. The molecule has 1 saturated carbocycles. The Morgan fingerprint density at radius 2 is 2.09 bits per heavy atom. The molecule has 6 heteroatoms. The van der Waals surface area contributed by atoms with E-state index in [1.807, 2.05) is 23.1 Å². The van der Waals surface area contributed by atoms with E-state index >= 15 is 0 Å². The molecule has 1 aromatic carbocycles. The monoisotopic (exact) mass is 312 g/mol. The summed E-state index contributed by atoms with van der Waals surface area (Å²) < 4.78 is 0. The molecule has 0 radical (unpaired) electrons. The lowest BCUT2D eigenvalue weighted by Gasteiger charge is -2.32. The van der Waals surface area contributed by atoms with Gasteiger partial charge in [-0.3, -0.25) is 14.7 Å². The fraction of sp³-hybridized carbons (Fsp3) is 0.471. The number of nitrogens with zero attached hydrogens (tertiary/aromatic N) is 2. The average molecular weight is 312 g/mol. The standard InChI is InChI=1S/C17H20N4O2/c22-16(19-14-5-1-3-12-9-18-20-15(12)14)13-4-2-8-21(10-13)17(23)11-6-7-11/h1,3,5,9,11,13H,2,4,6-8,10H2,(H,18,20)(H,19,22). The molecule has 2 amide bonds. The summed E-state index contributed by atoms with van der Waals surface area (Å²) in [6.07, 6.45) is 5.48. The number of fused-ring (bicyclic) bond motifs is 1. The molecule has 0 spiro atoms. The van der Waals surface area contributed by atoms with Crippen LogP contribution in [0.2, 0.25) is 0 Å². The molecule has 23 heavy (non-hydrogen) atoms. The normalized spacial score (nSPS) is 21.4. The molecule has 2 aromatic rings. The van der Waals surface area contributed by atoms with Crippen LogP contribution in [-0.4, -0.2) is 40.0 Å². The van der Waals surface area contributed by atoms with Crippen molar-refractivity contribution in [2.75, 3.05) is 18.4 Å². The van der Waals surface area contributed by atoms with Crippen LogP contribution in [0.3, 0.4) is 0 Å². The van der Waals surface area contributed by atoms with Gasteiger partial charge in [-0.25, -0.2) is 0 Å². The molecule has 2 N–H and O–H groups in total. The van der Waals surface area contributed by atoms with Gasteiger partial charge in [0.05, 0.1) is 23.3 Å². The van der Waals surface area contributed by atoms with Crippen LogP contribution in [0.15, 0.2) is 24.4 Å². The second-order valence-electron chi connectivity index (χ2n) is 6.53. The minimum atomic E-state index is -0.135. The number of H-pyrrole nitrogens is 1. The zero-order valence-electron chi connectivity index (χ0n) is 12.9. The first-order chi connectivity index (χ1) is 11.2. The van der Waals surface area contributed by atoms with Crippen LogP contribution in [0, 0.1) is 11.8 Å². The van der Waals surface area contributed by atoms with Crippen molar-refractivity contribution in [1.29, 1.82) is 0 Å². The maximum Gasteiger partial charge on any atom is 0.229 e. The largest absolute Gasteiger partial charge is 0.342 e. The van der Waals surface area contributed by atoms with Gasteiger partial charge in [-0.05, 0) is 31.7 Å². The molecule has 1 aliphatic carbocycles. The maximum atomic E-state index is 12.6. The van der Waals surface area contributed by atoms with Crippen LogP contribution in [0.5, 0.6) is 0 Å². The van der Waals surface area contributed by atoms with Gasteiger partial charge in [-0.2, -0.15) is 5.10 Å². The second kappa shape index (κ2) is 5.68. The van der Waals surface area contributed by atoms with Gasteiger partial charge in [0.15, 0.2) is 0 Å². The van der Waals surface area contributed by atoms with Crippen LogP contribution >= 0.6 is 0 Å². The third kappa shape index (κ3) is 2.81. The minimum absolute atomic E-state index is 0.0135. The molecule has 2 fully saturated rings. The van der Waals surface area contributed by atoms with Gasteiger partial charge in [-0.15, -0.1) is 0 Å². The minimum Gasteiger partial charge on any atom is -0.342 e. The number of nitrogens with one attached hydrogen (secondary N) is 2. The number of rotatable bonds is 3. The number of amides is 2. The lowest BCUT2D eigenvalue weighted by atomic mass is 9.96. The van der Waals surface area contributed by atoms with Gasteiger partial charge in [0.1, 0.15) is 0 Å². The Hall–Kier alpha value is -2.37. The highest BCUT2D eigenvalue weighted by Crippen LogP contribution is 2.32. The Bertz CT molecular complexity index is 750. The molecule has 1 aliphatic heterocycles. The highest BCUT2D eigenvalue weighted by molar-refractivity contribution is 6.01. The third-order valence-electron chi connectivity index (χ3n) is 4.76. The summed E-state index contributed by atoms with van der Waals surface area (Å²) in [4.78, 5) is 26.7.